The number of benzene rings is 1. The molecule has 0 aliphatic heterocycles. The molecule has 0 spiro atoms. The quantitative estimate of drug-likeness (QED) is 0.587. The zero-order chi connectivity index (χ0) is 19.2. The summed E-state index contributed by atoms with van der Waals surface area (Å²) < 4.78 is 6.96. The van der Waals surface area contributed by atoms with E-state index in [1.807, 2.05) is 30.3 Å². The highest BCUT2D eigenvalue weighted by atomic mass is 35.5. The lowest BCUT2D eigenvalue weighted by molar-refractivity contribution is 0.288. The predicted octanol–water partition coefficient (Wildman–Crippen LogP) is 3.46. The number of aromatic nitrogens is 2. The Morgan fingerprint density at radius 3 is 2.54 bits per heavy atom. The van der Waals surface area contributed by atoms with Crippen LogP contribution in [0.1, 0.15) is 13.8 Å². The number of fused-ring (bicyclic) bond motifs is 1. The molecule has 150 valence electrons. The Morgan fingerprint density at radius 2 is 1.89 bits per heavy atom. The van der Waals surface area contributed by atoms with Gasteiger partial charge in [-0.3, -0.25) is 9.36 Å². The van der Waals surface area contributed by atoms with E-state index < -0.39 is 0 Å². The van der Waals surface area contributed by atoms with Gasteiger partial charge in [-0.2, -0.15) is 0 Å². The summed E-state index contributed by atoms with van der Waals surface area (Å²) in [6, 6.07) is 11.1. The molecule has 0 bridgehead atoms. The van der Waals surface area contributed by atoms with Crippen molar-refractivity contribution in [2.24, 2.45) is 4.99 Å². The molecule has 0 saturated heterocycles. The first kappa shape index (κ1) is 22.1. The smallest absolute Gasteiger partial charge is 0.263 e. The van der Waals surface area contributed by atoms with Gasteiger partial charge in [0, 0.05) is 19.3 Å². The van der Waals surface area contributed by atoms with Gasteiger partial charge in [-0.25, -0.2) is 9.98 Å². The molecule has 0 N–H and O–H groups in total. The van der Waals surface area contributed by atoms with Gasteiger partial charge in [-0.05, 0) is 49.5 Å². The molecule has 0 aliphatic rings. The van der Waals surface area contributed by atoms with Gasteiger partial charge in [0.1, 0.15) is 10.6 Å². The van der Waals surface area contributed by atoms with Crippen LogP contribution in [0.3, 0.4) is 0 Å². The minimum atomic E-state index is -0.0451. The second-order valence-corrected chi connectivity index (χ2v) is 6.99. The third-order valence-corrected chi connectivity index (χ3v) is 5.51. The Bertz CT molecular complexity index is 1030. The van der Waals surface area contributed by atoms with Gasteiger partial charge in [0.2, 0.25) is 0 Å². The topological polar surface area (TPSA) is 59.7 Å². The summed E-state index contributed by atoms with van der Waals surface area (Å²) in [6.07, 6.45) is 1.70. The maximum atomic E-state index is 13.1. The minimum Gasteiger partial charge on any atom is -0.497 e. The molecule has 3 aromatic rings. The van der Waals surface area contributed by atoms with E-state index in [0.717, 1.165) is 31.1 Å². The molecule has 8 heteroatoms. The van der Waals surface area contributed by atoms with Crippen molar-refractivity contribution in [1.29, 1.82) is 0 Å². The highest BCUT2D eigenvalue weighted by molar-refractivity contribution is 7.15. The van der Waals surface area contributed by atoms with Crippen molar-refractivity contribution < 1.29 is 4.74 Å². The Morgan fingerprint density at radius 1 is 1.18 bits per heavy atom. The first-order valence-corrected chi connectivity index (χ1v) is 9.87. The van der Waals surface area contributed by atoms with E-state index in [1.54, 1.807) is 23.9 Å². The third kappa shape index (κ3) is 4.98. The summed E-state index contributed by atoms with van der Waals surface area (Å²) in [5, 5.41) is 0.635. The molecule has 6 nitrogen and oxygen atoms in total. The van der Waals surface area contributed by atoms with Crippen molar-refractivity contribution in [3.63, 3.8) is 0 Å². The standard InChI is InChI=1S/C20H24N4O2S.ClH/c1-4-23(5-2)13-14-24-19(25)17-7-6-12-21-18(17)27-20(24)22-15-8-10-16(26-3)11-9-15;/h6-12H,4-5,13-14H2,1-3H3;1H. The Labute approximate surface area is 174 Å². The predicted molar refractivity (Wildman–Crippen MR) is 117 cm³/mol. The zero-order valence-corrected chi connectivity index (χ0v) is 17.9. The lowest BCUT2D eigenvalue weighted by Gasteiger charge is -2.18. The molecular formula is C20H25ClN4O2S. The van der Waals surface area contributed by atoms with E-state index in [2.05, 4.69) is 23.7 Å². The number of pyridine rings is 1. The van der Waals surface area contributed by atoms with Gasteiger partial charge in [0.05, 0.1) is 18.2 Å². The second kappa shape index (κ2) is 10.4. The zero-order valence-electron chi connectivity index (χ0n) is 16.3. The molecule has 0 radical (unpaired) electrons. The number of hydrogen-bond donors (Lipinski definition) is 0. The first-order valence-electron chi connectivity index (χ1n) is 9.06. The lowest BCUT2D eigenvalue weighted by Crippen LogP contribution is -2.37. The second-order valence-electron chi connectivity index (χ2n) is 6.03. The largest absolute Gasteiger partial charge is 0.497 e. The Hall–Kier alpha value is -2.22. The number of nitrogens with zero attached hydrogens (tertiary/aromatic N) is 4. The molecule has 2 aromatic heterocycles. The van der Waals surface area contributed by atoms with Crippen LogP contribution in [-0.2, 0) is 6.54 Å². The van der Waals surface area contributed by atoms with Gasteiger partial charge in [-0.1, -0.05) is 25.2 Å². The van der Waals surface area contributed by atoms with Crippen molar-refractivity contribution in [3.8, 4) is 5.75 Å². The van der Waals surface area contributed by atoms with Crippen LogP contribution >= 0.6 is 23.7 Å². The van der Waals surface area contributed by atoms with E-state index in [4.69, 9.17) is 9.73 Å². The van der Waals surface area contributed by atoms with Gasteiger partial charge in [0.25, 0.3) is 5.56 Å². The fourth-order valence-electron chi connectivity index (χ4n) is 2.84. The van der Waals surface area contributed by atoms with Crippen molar-refractivity contribution in [3.05, 3.63) is 57.8 Å². The number of likely N-dealkylation sites (N-methyl/N-ethyl adjacent to an activating group) is 1. The maximum Gasteiger partial charge on any atom is 0.263 e. The van der Waals surface area contributed by atoms with E-state index in [-0.39, 0.29) is 18.0 Å². The fourth-order valence-corrected chi connectivity index (χ4v) is 3.82. The van der Waals surface area contributed by atoms with Crippen LogP contribution in [0.2, 0.25) is 0 Å². The number of ether oxygens (including phenoxy) is 1. The first-order chi connectivity index (χ1) is 13.2. The third-order valence-electron chi connectivity index (χ3n) is 4.50. The maximum absolute atomic E-state index is 13.1. The molecule has 0 fully saturated rings. The molecule has 0 unspecified atom stereocenters. The monoisotopic (exact) mass is 420 g/mol. The summed E-state index contributed by atoms with van der Waals surface area (Å²) in [6.45, 7) is 7.56. The summed E-state index contributed by atoms with van der Waals surface area (Å²) in [5.41, 5.74) is 0.731. The number of hydrogen-bond acceptors (Lipinski definition) is 6. The van der Waals surface area contributed by atoms with Crippen LogP contribution in [0.15, 0.2) is 52.4 Å². The normalized spacial score (nSPS) is 11.6. The van der Waals surface area contributed by atoms with Crippen LogP contribution in [0.5, 0.6) is 5.75 Å². The van der Waals surface area contributed by atoms with Crippen LogP contribution in [-0.4, -0.2) is 41.2 Å². The summed E-state index contributed by atoms with van der Waals surface area (Å²) >= 11 is 1.43. The molecule has 0 saturated carbocycles. The Balaban J connectivity index is 0.00000280. The fraction of sp³-hybridized carbons (Fsp3) is 0.350. The number of methoxy groups -OCH3 is 1. The minimum absolute atomic E-state index is 0. The van der Waals surface area contributed by atoms with E-state index >= 15 is 0 Å². The molecule has 1 aromatic carbocycles. The SMILES string of the molecule is CCN(CC)CCn1c(=Nc2ccc(OC)cc2)sc2ncccc2c1=O.Cl. The summed E-state index contributed by atoms with van der Waals surface area (Å²) in [4.78, 5) is 25.8. The molecule has 0 aliphatic carbocycles. The highest BCUT2D eigenvalue weighted by Crippen LogP contribution is 2.17. The average Bonchev–Trinajstić information content (AvgIpc) is 2.71. The number of rotatable bonds is 7. The highest BCUT2D eigenvalue weighted by Gasteiger charge is 2.09. The summed E-state index contributed by atoms with van der Waals surface area (Å²) in [5.74, 6) is 0.775. The van der Waals surface area contributed by atoms with Gasteiger partial charge >= 0.3 is 0 Å². The van der Waals surface area contributed by atoms with E-state index in [0.29, 0.717) is 21.6 Å². The van der Waals surface area contributed by atoms with Gasteiger partial charge in [-0.15, -0.1) is 12.4 Å². The van der Waals surface area contributed by atoms with E-state index in [1.165, 1.54) is 11.3 Å². The molecule has 2 heterocycles. The van der Waals surface area contributed by atoms with Crippen molar-refractivity contribution >= 4 is 39.6 Å². The molecule has 3 rings (SSSR count). The molecule has 0 atom stereocenters. The van der Waals surface area contributed by atoms with E-state index in [9.17, 15) is 4.79 Å². The van der Waals surface area contributed by atoms with Crippen molar-refractivity contribution in [2.75, 3.05) is 26.7 Å². The van der Waals surface area contributed by atoms with Gasteiger partial charge in [0.15, 0.2) is 4.80 Å². The van der Waals surface area contributed by atoms with Crippen LogP contribution in [0.4, 0.5) is 5.69 Å². The van der Waals surface area contributed by atoms with Crippen molar-refractivity contribution in [2.45, 2.75) is 20.4 Å². The molecule has 28 heavy (non-hydrogen) atoms. The molecular weight excluding hydrogens is 396 g/mol. The van der Waals surface area contributed by atoms with Gasteiger partial charge < -0.3 is 9.64 Å². The van der Waals surface area contributed by atoms with Crippen LogP contribution < -0.4 is 15.1 Å². The Kier molecular flexibility index (Phi) is 8.17. The lowest BCUT2D eigenvalue weighted by atomic mass is 10.3. The average molecular weight is 421 g/mol. The van der Waals surface area contributed by atoms with Crippen LogP contribution in [0, 0.1) is 0 Å². The van der Waals surface area contributed by atoms with Crippen LogP contribution in [0.25, 0.3) is 10.2 Å². The molecule has 0 amide bonds. The summed E-state index contributed by atoms with van der Waals surface area (Å²) in [7, 11) is 1.63. The van der Waals surface area contributed by atoms with Crippen molar-refractivity contribution in [1.82, 2.24) is 14.5 Å². The number of halogens is 1.